The van der Waals surface area contributed by atoms with Crippen LogP contribution in [0.1, 0.15) is 52.5 Å². The first-order valence-corrected chi connectivity index (χ1v) is 8.04. The van der Waals surface area contributed by atoms with Crippen LogP contribution in [0.5, 0.6) is 0 Å². The number of nitrogens with one attached hydrogen (secondary N) is 1. The molecule has 0 bridgehead atoms. The van der Waals surface area contributed by atoms with E-state index < -0.39 is 23.2 Å². The molecule has 0 aromatic heterocycles. The third kappa shape index (κ3) is 4.85. The van der Waals surface area contributed by atoms with Crippen LogP contribution in [0.25, 0.3) is 0 Å². The second kappa shape index (κ2) is 5.90. The van der Waals surface area contributed by atoms with Crippen molar-refractivity contribution in [3.8, 4) is 0 Å². The number of anilines is 1. The first kappa shape index (κ1) is 19.0. The molecule has 0 aliphatic heterocycles. The van der Waals surface area contributed by atoms with Gasteiger partial charge in [0, 0.05) is 12.2 Å². The van der Waals surface area contributed by atoms with E-state index in [-0.39, 0.29) is 16.5 Å². The van der Waals surface area contributed by atoms with Crippen molar-refractivity contribution in [1.29, 1.82) is 0 Å². The van der Waals surface area contributed by atoms with E-state index >= 15 is 0 Å². The molecule has 1 aliphatic rings. The molecule has 1 aromatic rings. The summed E-state index contributed by atoms with van der Waals surface area (Å²) in [5.74, 6) is -0.923. The molecular weight excluding hydrogens is 322 g/mol. The van der Waals surface area contributed by atoms with Gasteiger partial charge in [0.25, 0.3) is 0 Å². The van der Waals surface area contributed by atoms with Gasteiger partial charge in [-0.05, 0) is 55.2 Å². The van der Waals surface area contributed by atoms with E-state index in [1.807, 2.05) is 6.92 Å². The molecule has 0 heterocycles. The molecule has 0 amide bonds. The van der Waals surface area contributed by atoms with E-state index in [0.717, 1.165) is 18.6 Å². The summed E-state index contributed by atoms with van der Waals surface area (Å²) in [6.45, 7) is 8.30. The highest BCUT2D eigenvalue weighted by molar-refractivity contribution is 5.47. The molecule has 2 atom stereocenters. The lowest BCUT2D eigenvalue weighted by atomic mass is 9.59. The normalized spacial score (nSPS) is 30.2. The quantitative estimate of drug-likeness (QED) is 0.735. The second-order valence-corrected chi connectivity index (χ2v) is 8.58. The molecule has 1 saturated carbocycles. The molecular formula is C18H25F4NO. The Labute approximate surface area is 140 Å². The van der Waals surface area contributed by atoms with Crippen molar-refractivity contribution in [3.63, 3.8) is 0 Å². The molecule has 2 N–H and O–H groups in total. The van der Waals surface area contributed by atoms with Crippen LogP contribution in [0.4, 0.5) is 23.2 Å². The molecule has 1 fully saturated rings. The Morgan fingerprint density at radius 1 is 1.04 bits per heavy atom. The summed E-state index contributed by atoms with van der Waals surface area (Å²) in [5.41, 5.74) is -2.09. The van der Waals surface area contributed by atoms with Crippen molar-refractivity contribution < 1.29 is 22.7 Å². The maximum atomic E-state index is 13.5. The molecule has 136 valence electrons. The maximum Gasteiger partial charge on any atom is 0.416 e. The van der Waals surface area contributed by atoms with Crippen molar-refractivity contribution >= 4 is 5.69 Å². The predicted octanol–water partition coefficient (Wildman–Crippen LogP) is 5.22. The average Bonchev–Trinajstić information content (AvgIpc) is 2.30. The lowest BCUT2D eigenvalue weighted by Crippen LogP contribution is -2.47. The van der Waals surface area contributed by atoms with Gasteiger partial charge in [-0.2, -0.15) is 13.2 Å². The molecule has 0 spiro atoms. The van der Waals surface area contributed by atoms with E-state index in [4.69, 9.17) is 0 Å². The SMILES string of the molecule is CC1(C)CC(C)(O)CC(C)(CNc2cc(F)cc(C(F)(F)F)c2)C1. The van der Waals surface area contributed by atoms with E-state index in [2.05, 4.69) is 19.2 Å². The summed E-state index contributed by atoms with van der Waals surface area (Å²) in [7, 11) is 0. The van der Waals surface area contributed by atoms with Crippen LogP contribution in [0.15, 0.2) is 18.2 Å². The molecule has 1 aliphatic carbocycles. The topological polar surface area (TPSA) is 32.3 Å². The number of rotatable bonds is 3. The van der Waals surface area contributed by atoms with Gasteiger partial charge < -0.3 is 10.4 Å². The van der Waals surface area contributed by atoms with Crippen LogP contribution in [0.2, 0.25) is 0 Å². The number of alkyl halides is 3. The number of halogens is 4. The van der Waals surface area contributed by atoms with Crippen LogP contribution >= 0.6 is 0 Å². The molecule has 2 unspecified atom stereocenters. The highest BCUT2D eigenvalue weighted by Crippen LogP contribution is 2.50. The van der Waals surface area contributed by atoms with Gasteiger partial charge in [0.1, 0.15) is 5.82 Å². The molecule has 2 nitrogen and oxygen atoms in total. The summed E-state index contributed by atoms with van der Waals surface area (Å²) in [6.07, 6.45) is -2.55. The largest absolute Gasteiger partial charge is 0.416 e. The zero-order valence-corrected chi connectivity index (χ0v) is 14.5. The van der Waals surface area contributed by atoms with Crippen molar-refractivity contribution in [1.82, 2.24) is 0 Å². The number of hydrogen-bond donors (Lipinski definition) is 2. The van der Waals surface area contributed by atoms with Crippen molar-refractivity contribution in [3.05, 3.63) is 29.6 Å². The Morgan fingerprint density at radius 2 is 1.67 bits per heavy atom. The summed E-state index contributed by atoms with van der Waals surface area (Å²) >= 11 is 0. The van der Waals surface area contributed by atoms with Gasteiger partial charge >= 0.3 is 6.18 Å². The zero-order chi connectivity index (χ0) is 18.4. The van der Waals surface area contributed by atoms with Crippen molar-refractivity contribution in [2.75, 3.05) is 11.9 Å². The Morgan fingerprint density at radius 3 is 2.21 bits per heavy atom. The molecule has 2 rings (SSSR count). The minimum atomic E-state index is -4.58. The third-order valence-electron chi connectivity index (χ3n) is 4.52. The number of benzene rings is 1. The summed E-state index contributed by atoms with van der Waals surface area (Å²) < 4.78 is 51.9. The minimum absolute atomic E-state index is 0.0722. The second-order valence-electron chi connectivity index (χ2n) is 8.58. The van der Waals surface area contributed by atoms with Crippen LogP contribution < -0.4 is 5.32 Å². The van der Waals surface area contributed by atoms with Gasteiger partial charge in [0.05, 0.1) is 11.2 Å². The summed E-state index contributed by atoms with van der Waals surface area (Å²) in [5, 5.41) is 13.4. The third-order valence-corrected chi connectivity index (χ3v) is 4.52. The lowest BCUT2D eigenvalue weighted by molar-refractivity contribution is -0.137. The maximum absolute atomic E-state index is 13.5. The van der Waals surface area contributed by atoms with Crippen LogP contribution in [0.3, 0.4) is 0 Å². The van der Waals surface area contributed by atoms with Crippen LogP contribution in [-0.2, 0) is 6.18 Å². The Hall–Kier alpha value is -1.30. The van der Waals surface area contributed by atoms with Gasteiger partial charge in [0.15, 0.2) is 0 Å². The van der Waals surface area contributed by atoms with Crippen molar-refractivity contribution in [2.24, 2.45) is 10.8 Å². The lowest BCUT2D eigenvalue weighted by Gasteiger charge is -2.49. The molecule has 6 heteroatoms. The van der Waals surface area contributed by atoms with E-state index in [0.29, 0.717) is 25.5 Å². The van der Waals surface area contributed by atoms with Gasteiger partial charge in [-0.1, -0.05) is 20.8 Å². The summed E-state index contributed by atoms with van der Waals surface area (Å²) in [6, 6.07) is 2.46. The van der Waals surface area contributed by atoms with Crippen molar-refractivity contribution in [2.45, 2.75) is 58.7 Å². The van der Waals surface area contributed by atoms with E-state index in [9.17, 15) is 22.7 Å². The predicted molar refractivity (Wildman–Crippen MR) is 86.3 cm³/mol. The van der Waals surface area contributed by atoms with Gasteiger partial charge in [-0.15, -0.1) is 0 Å². The van der Waals surface area contributed by atoms with E-state index in [1.165, 1.54) is 0 Å². The number of aliphatic hydroxyl groups is 1. The fourth-order valence-corrected chi connectivity index (χ4v) is 4.59. The van der Waals surface area contributed by atoms with Gasteiger partial charge in [-0.25, -0.2) is 4.39 Å². The molecule has 0 radical (unpaired) electrons. The Kier molecular flexibility index (Phi) is 4.68. The highest BCUT2D eigenvalue weighted by atomic mass is 19.4. The standard InChI is InChI=1S/C18H25F4NO/c1-15(2)8-16(3,10-17(4,24)9-15)11-23-14-6-12(18(20,21)22)5-13(19)7-14/h5-7,23-24H,8-11H2,1-4H3. The Balaban J connectivity index is 2.17. The fourth-order valence-electron chi connectivity index (χ4n) is 4.59. The monoisotopic (exact) mass is 347 g/mol. The molecule has 24 heavy (non-hydrogen) atoms. The smallest absolute Gasteiger partial charge is 0.390 e. The van der Waals surface area contributed by atoms with Gasteiger partial charge in [0.2, 0.25) is 0 Å². The Bertz CT molecular complexity index is 592. The minimum Gasteiger partial charge on any atom is -0.390 e. The molecule has 0 saturated heterocycles. The van der Waals surface area contributed by atoms with E-state index in [1.54, 1.807) is 6.92 Å². The zero-order valence-electron chi connectivity index (χ0n) is 14.5. The van der Waals surface area contributed by atoms with Crippen LogP contribution in [-0.4, -0.2) is 17.3 Å². The highest BCUT2D eigenvalue weighted by Gasteiger charge is 2.46. The van der Waals surface area contributed by atoms with Gasteiger partial charge in [-0.3, -0.25) is 0 Å². The first-order chi connectivity index (χ1) is 10.7. The fraction of sp³-hybridized carbons (Fsp3) is 0.667. The number of hydrogen-bond acceptors (Lipinski definition) is 2. The molecule has 1 aromatic carbocycles. The summed E-state index contributed by atoms with van der Waals surface area (Å²) in [4.78, 5) is 0. The first-order valence-electron chi connectivity index (χ1n) is 8.04. The van der Waals surface area contributed by atoms with Crippen LogP contribution in [0, 0.1) is 16.6 Å². The average molecular weight is 347 g/mol.